The first kappa shape index (κ1) is 23.9. The predicted octanol–water partition coefficient (Wildman–Crippen LogP) is 10.6. The number of fused-ring (bicyclic) bond motifs is 6. The van der Waals surface area contributed by atoms with E-state index in [1.807, 2.05) is 32.2 Å². The molecule has 0 bridgehead atoms. The van der Waals surface area contributed by atoms with E-state index in [0.717, 1.165) is 33.7 Å². The number of aryl methyl sites for hydroxylation is 3. The summed E-state index contributed by atoms with van der Waals surface area (Å²) in [6, 6.07) is 20.2. The van der Waals surface area contributed by atoms with E-state index in [-0.39, 0.29) is 23.3 Å². The van der Waals surface area contributed by atoms with Crippen molar-refractivity contribution in [1.82, 2.24) is 9.55 Å². The topological polar surface area (TPSA) is 48.0 Å². The third-order valence-corrected chi connectivity index (χ3v) is 8.75. The minimum Gasteiger partial charge on any atom is -0.451 e. The summed E-state index contributed by atoms with van der Waals surface area (Å²) in [5.74, 6) is 1.28. The molecule has 230 valence electrons. The largest absolute Gasteiger partial charge is 0.451 e. The summed E-state index contributed by atoms with van der Waals surface area (Å²) >= 11 is 0. The maximum atomic E-state index is 8.83. The van der Waals surface area contributed by atoms with E-state index in [4.69, 9.17) is 15.7 Å². The Labute approximate surface area is 272 Å². The van der Waals surface area contributed by atoms with E-state index in [2.05, 4.69) is 72.1 Å². The summed E-state index contributed by atoms with van der Waals surface area (Å²) in [7, 11) is 2.04. The highest BCUT2D eigenvalue weighted by atomic mass is 16.4. The van der Waals surface area contributed by atoms with Gasteiger partial charge in [0.2, 0.25) is 0 Å². The SMILES string of the molecule is [2H]C([2H])([2H])c1cc(C)c(-c2n(-c3c(C(C)C)cccc3C(C)C)c3ccccc3[n+]2C)c2oc3c(ccc4nc(C([2H])([2H])C(C)(C)C)oc43)c12. The van der Waals surface area contributed by atoms with Gasteiger partial charge in [-0.1, -0.05) is 84.9 Å². The van der Waals surface area contributed by atoms with Gasteiger partial charge in [0.25, 0.3) is 5.82 Å². The number of nitrogens with zero attached hydrogens (tertiary/aromatic N) is 3. The summed E-state index contributed by atoms with van der Waals surface area (Å²) < 4.78 is 61.1. The molecule has 0 N–H and O–H groups in total. The molecule has 7 rings (SSSR count). The summed E-state index contributed by atoms with van der Waals surface area (Å²) in [6.45, 7) is 13.8. The Balaban J connectivity index is 1.68. The van der Waals surface area contributed by atoms with E-state index < -0.39 is 18.6 Å². The Morgan fingerprint density at radius 2 is 1.60 bits per heavy atom. The second-order valence-corrected chi connectivity index (χ2v) is 13.9. The van der Waals surface area contributed by atoms with Gasteiger partial charge in [-0.05, 0) is 66.4 Å². The van der Waals surface area contributed by atoms with Gasteiger partial charge >= 0.3 is 0 Å². The molecule has 0 atom stereocenters. The lowest BCUT2D eigenvalue weighted by Crippen LogP contribution is -2.30. The van der Waals surface area contributed by atoms with Gasteiger partial charge in [0.05, 0.1) is 7.05 Å². The zero-order valence-corrected chi connectivity index (χ0v) is 27.6. The smallest absolute Gasteiger partial charge is 0.299 e. The number of hydrogen-bond acceptors (Lipinski definition) is 3. The van der Waals surface area contributed by atoms with Crippen LogP contribution in [0, 0.1) is 19.2 Å². The van der Waals surface area contributed by atoms with Crippen LogP contribution in [0.25, 0.3) is 61.1 Å². The fourth-order valence-electron chi connectivity index (χ4n) is 6.77. The average Bonchev–Trinajstić information content (AvgIpc) is 3.72. The van der Waals surface area contributed by atoms with Crippen molar-refractivity contribution in [2.45, 2.75) is 80.5 Å². The second-order valence-electron chi connectivity index (χ2n) is 13.9. The van der Waals surface area contributed by atoms with Crippen LogP contribution in [0.2, 0.25) is 0 Å². The third-order valence-electron chi connectivity index (χ3n) is 8.75. The minimum absolute atomic E-state index is 0.0431. The fraction of sp³-hybridized carbons (Fsp3) is 0.350. The molecule has 0 spiro atoms. The third kappa shape index (κ3) is 4.58. The number of oxazole rings is 1. The first-order chi connectivity index (χ1) is 23.3. The zero-order valence-electron chi connectivity index (χ0n) is 32.6. The highest BCUT2D eigenvalue weighted by molar-refractivity contribution is 6.16. The van der Waals surface area contributed by atoms with Crippen LogP contribution >= 0.6 is 0 Å². The van der Waals surface area contributed by atoms with Crippen LogP contribution in [0.3, 0.4) is 0 Å². The molecule has 0 amide bonds. The van der Waals surface area contributed by atoms with Crippen molar-refractivity contribution in [1.29, 1.82) is 0 Å². The van der Waals surface area contributed by atoms with Crippen molar-refractivity contribution < 1.29 is 20.3 Å². The summed E-state index contributed by atoms with van der Waals surface area (Å²) in [6.07, 6.45) is -1.87. The molecule has 0 unspecified atom stereocenters. The number of hydrogen-bond donors (Lipinski definition) is 0. The van der Waals surface area contributed by atoms with E-state index in [1.54, 1.807) is 32.9 Å². The monoisotopic (exact) mass is 603 g/mol. The summed E-state index contributed by atoms with van der Waals surface area (Å²) in [5.41, 5.74) is 8.01. The number of imidazole rings is 1. The molecule has 0 aliphatic rings. The molecule has 3 heterocycles. The van der Waals surface area contributed by atoms with Gasteiger partial charge in [0.1, 0.15) is 16.8 Å². The maximum absolute atomic E-state index is 8.83. The van der Waals surface area contributed by atoms with Gasteiger partial charge in [-0.2, -0.15) is 4.57 Å². The molecule has 0 aliphatic heterocycles. The van der Waals surface area contributed by atoms with Crippen molar-refractivity contribution >= 4 is 44.1 Å². The van der Waals surface area contributed by atoms with Crippen LogP contribution in [0.1, 0.15) is 95.3 Å². The van der Waals surface area contributed by atoms with E-state index in [0.29, 0.717) is 33.0 Å². The standard InChI is InChI=1S/C40H44N3O2/c1-22(2)26-14-13-15-27(23(3)4)35(26)43-31-17-12-11-16-30(31)42(10)39(43)34-25(6)20-24(5)33-28-18-19-29-37(36(28)45-38(33)34)44-32(41-29)21-40(7,8)9/h11-20,22-23H,21H2,1-10H3/q+1/i5D3,21D2. The van der Waals surface area contributed by atoms with Gasteiger partial charge in [0, 0.05) is 35.1 Å². The van der Waals surface area contributed by atoms with Crippen LogP contribution in [0.5, 0.6) is 0 Å². The Kier molecular flexibility index (Phi) is 5.50. The van der Waals surface area contributed by atoms with Crippen molar-refractivity contribution in [2.24, 2.45) is 12.5 Å². The Bertz CT molecular complexity index is 2450. The highest BCUT2D eigenvalue weighted by Crippen LogP contribution is 2.44. The highest BCUT2D eigenvalue weighted by Gasteiger charge is 2.34. The molecule has 7 aromatic rings. The maximum Gasteiger partial charge on any atom is 0.299 e. The van der Waals surface area contributed by atoms with Crippen LogP contribution in [0.15, 0.2) is 69.5 Å². The lowest BCUT2D eigenvalue weighted by Gasteiger charge is -2.18. The van der Waals surface area contributed by atoms with Crippen LogP contribution < -0.4 is 4.57 Å². The van der Waals surface area contributed by atoms with Crippen LogP contribution in [-0.2, 0) is 13.4 Å². The Hall–Kier alpha value is -4.38. The molecule has 3 aromatic heterocycles. The number of furan rings is 1. The number of aromatic nitrogens is 3. The molecule has 0 saturated heterocycles. The van der Waals surface area contributed by atoms with E-state index in [9.17, 15) is 0 Å². The molecular weight excluding hydrogens is 554 g/mol. The lowest BCUT2D eigenvalue weighted by molar-refractivity contribution is -0.633. The van der Waals surface area contributed by atoms with Gasteiger partial charge in [0.15, 0.2) is 33.7 Å². The molecule has 4 aromatic carbocycles. The van der Waals surface area contributed by atoms with Crippen molar-refractivity contribution in [2.75, 3.05) is 0 Å². The number of benzene rings is 4. The van der Waals surface area contributed by atoms with E-state index in [1.165, 1.54) is 11.1 Å². The molecule has 45 heavy (non-hydrogen) atoms. The molecule has 0 saturated carbocycles. The van der Waals surface area contributed by atoms with E-state index >= 15 is 0 Å². The summed E-state index contributed by atoms with van der Waals surface area (Å²) in [4.78, 5) is 4.57. The summed E-state index contributed by atoms with van der Waals surface area (Å²) in [5, 5.41) is 1.06. The molecule has 5 nitrogen and oxygen atoms in total. The molecule has 0 radical (unpaired) electrons. The van der Waals surface area contributed by atoms with Crippen molar-refractivity contribution in [3.05, 3.63) is 88.8 Å². The van der Waals surface area contributed by atoms with Gasteiger partial charge < -0.3 is 8.83 Å². The van der Waals surface area contributed by atoms with Gasteiger partial charge in [-0.25, -0.2) is 9.55 Å². The van der Waals surface area contributed by atoms with Crippen LogP contribution in [0.4, 0.5) is 0 Å². The Morgan fingerprint density at radius 3 is 2.27 bits per heavy atom. The number of para-hydroxylation sites is 3. The first-order valence-electron chi connectivity index (χ1n) is 18.3. The predicted molar refractivity (Wildman–Crippen MR) is 186 cm³/mol. The van der Waals surface area contributed by atoms with Crippen molar-refractivity contribution in [3.8, 4) is 17.1 Å². The quantitative estimate of drug-likeness (QED) is 0.184. The Morgan fingerprint density at radius 1 is 0.889 bits per heavy atom. The number of rotatable bonds is 5. The molecule has 0 aliphatic carbocycles. The normalized spacial score (nSPS) is 15.0. The molecule has 0 fully saturated rings. The van der Waals surface area contributed by atoms with Crippen molar-refractivity contribution in [3.63, 3.8) is 0 Å². The van der Waals surface area contributed by atoms with Crippen LogP contribution in [-0.4, -0.2) is 9.55 Å². The molecular formula is C40H44N3O2+. The fourth-order valence-corrected chi connectivity index (χ4v) is 6.77. The second kappa shape index (κ2) is 10.3. The average molecular weight is 604 g/mol. The molecule has 5 heteroatoms. The lowest BCUT2D eigenvalue weighted by atomic mass is 9.92. The minimum atomic E-state index is -2.44. The van der Waals surface area contributed by atoms with Gasteiger partial charge in [-0.3, -0.25) is 0 Å². The zero-order chi connectivity index (χ0) is 36.2. The first-order valence-corrected chi connectivity index (χ1v) is 15.8. The van der Waals surface area contributed by atoms with Gasteiger partial charge in [-0.15, -0.1) is 0 Å².